The molecule has 7 heteroatoms. The summed E-state index contributed by atoms with van der Waals surface area (Å²) in [6.07, 6.45) is 1.19. The maximum Gasteiger partial charge on any atom is 0.303 e. The van der Waals surface area contributed by atoms with Crippen LogP contribution in [0.4, 0.5) is 0 Å². The zero-order valence-electron chi connectivity index (χ0n) is 29.7. The Kier molecular flexibility index (Phi) is 15.7. The first-order chi connectivity index (χ1) is 20.3. The van der Waals surface area contributed by atoms with E-state index in [1.54, 1.807) is 10.8 Å². The lowest BCUT2D eigenvalue weighted by molar-refractivity contribution is -0.138. The Bertz CT molecular complexity index is 1140. The highest BCUT2D eigenvalue weighted by Crippen LogP contribution is 2.41. The Morgan fingerprint density at radius 3 is 0.933 bits per heavy atom. The fourth-order valence-corrected chi connectivity index (χ4v) is 4.67. The zero-order chi connectivity index (χ0) is 35.6. The van der Waals surface area contributed by atoms with Crippen LogP contribution in [0.15, 0.2) is 48.2 Å². The molecule has 0 aromatic heterocycles. The minimum absolute atomic E-state index is 0.109. The van der Waals surface area contributed by atoms with Gasteiger partial charge in [-0.2, -0.15) is 0 Å². The molecular formula is C38H58O6S. The number of phenols is 2. The van der Waals surface area contributed by atoms with Gasteiger partial charge < -0.3 is 20.4 Å². The van der Waals surface area contributed by atoms with Gasteiger partial charge in [-0.05, 0) is 78.7 Å². The lowest BCUT2D eigenvalue weighted by atomic mass is 9.78. The monoisotopic (exact) mass is 642 g/mol. The topological polar surface area (TPSA) is 115 Å². The van der Waals surface area contributed by atoms with Gasteiger partial charge in [0.15, 0.2) is 0 Å². The van der Waals surface area contributed by atoms with Crippen molar-refractivity contribution in [3.05, 3.63) is 81.6 Å². The van der Waals surface area contributed by atoms with Gasteiger partial charge in [-0.3, -0.25) is 9.59 Å². The van der Waals surface area contributed by atoms with Crippen molar-refractivity contribution in [1.82, 2.24) is 0 Å². The summed E-state index contributed by atoms with van der Waals surface area (Å²) in [5, 5.41) is 42.2. The van der Waals surface area contributed by atoms with Crippen molar-refractivity contribution < 1.29 is 30.0 Å². The number of aryl methyl sites for hydroxylation is 2. The lowest BCUT2D eigenvalue weighted by Gasteiger charge is -2.28. The molecule has 2 rings (SSSR count). The van der Waals surface area contributed by atoms with Crippen molar-refractivity contribution in [3.63, 3.8) is 0 Å². The summed E-state index contributed by atoms with van der Waals surface area (Å²) in [5.41, 5.74) is 4.76. The SMILES string of the molecule is C=CSC=C.CC(C)(C)c1cc(CCC(=O)O)cc(C(C)(C)C)c1O.CC(C)(C)c1cc(CCC(=O)O)cc(C(C)(C)C)c1O. The van der Waals surface area contributed by atoms with Crippen molar-refractivity contribution in [3.8, 4) is 11.5 Å². The molecule has 0 spiro atoms. The number of rotatable bonds is 8. The fraction of sp³-hybridized carbons (Fsp3) is 0.526. The lowest BCUT2D eigenvalue weighted by Crippen LogP contribution is -2.18. The second-order valence-electron chi connectivity index (χ2n) is 15.3. The Morgan fingerprint density at radius 1 is 0.578 bits per heavy atom. The molecule has 0 aliphatic rings. The number of thioether (sulfide) groups is 1. The highest BCUT2D eigenvalue weighted by molar-refractivity contribution is 8.04. The van der Waals surface area contributed by atoms with Gasteiger partial charge in [0.1, 0.15) is 11.5 Å². The normalized spacial score (nSPS) is 11.8. The third-order valence-corrected chi connectivity index (χ3v) is 7.40. The van der Waals surface area contributed by atoms with Crippen LogP contribution in [0.5, 0.6) is 11.5 Å². The number of phenolic OH excluding ortho intramolecular Hbond substituents is 2. The maximum atomic E-state index is 10.8. The maximum absolute atomic E-state index is 10.8. The van der Waals surface area contributed by atoms with Crippen LogP contribution < -0.4 is 0 Å². The molecule has 0 heterocycles. The van der Waals surface area contributed by atoms with E-state index in [4.69, 9.17) is 10.2 Å². The van der Waals surface area contributed by atoms with Gasteiger partial charge in [0.2, 0.25) is 0 Å². The fourth-order valence-electron chi connectivity index (χ4n) is 4.53. The van der Waals surface area contributed by atoms with Crippen molar-refractivity contribution in [2.24, 2.45) is 0 Å². The quantitative estimate of drug-likeness (QED) is 0.226. The van der Waals surface area contributed by atoms with Gasteiger partial charge >= 0.3 is 11.9 Å². The molecule has 2 aromatic rings. The Morgan fingerprint density at radius 2 is 0.800 bits per heavy atom. The van der Waals surface area contributed by atoms with Crippen LogP contribution in [-0.4, -0.2) is 32.4 Å². The summed E-state index contributed by atoms with van der Waals surface area (Å²) in [6, 6.07) is 7.75. The summed E-state index contributed by atoms with van der Waals surface area (Å²) in [7, 11) is 0. The second-order valence-corrected chi connectivity index (χ2v) is 16.3. The van der Waals surface area contributed by atoms with Gasteiger partial charge in [0.05, 0.1) is 0 Å². The van der Waals surface area contributed by atoms with E-state index in [1.807, 2.05) is 24.3 Å². The first-order valence-corrected chi connectivity index (χ1v) is 16.3. The average Bonchev–Trinajstić information content (AvgIpc) is 2.85. The number of carboxylic acids is 2. The van der Waals surface area contributed by atoms with Crippen LogP contribution in [0.3, 0.4) is 0 Å². The third kappa shape index (κ3) is 14.6. The van der Waals surface area contributed by atoms with Crippen LogP contribution >= 0.6 is 11.8 Å². The van der Waals surface area contributed by atoms with E-state index in [0.717, 1.165) is 33.4 Å². The first kappa shape index (κ1) is 41.8. The molecule has 0 fully saturated rings. The number of aliphatic carboxylic acids is 2. The summed E-state index contributed by atoms with van der Waals surface area (Å²) in [6.45, 7) is 31.5. The van der Waals surface area contributed by atoms with E-state index in [2.05, 4.69) is 96.2 Å². The first-order valence-electron chi connectivity index (χ1n) is 15.3. The van der Waals surface area contributed by atoms with Crippen molar-refractivity contribution in [2.75, 3.05) is 0 Å². The molecule has 0 aliphatic heterocycles. The average molecular weight is 643 g/mol. The van der Waals surface area contributed by atoms with Crippen molar-refractivity contribution >= 4 is 23.7 Å². The number of benzene rings is 2. The van der Waals surface area contributed by atoms with Crippen LogP contribution in [0.25, 0.3) is 0 Å². The molecule has 2 aromatic carbocycles. The van der Waals surface area contributed by atoms with E-state index >= 15 is 0 Å². The highest BCUT2D eigenvalue weighted by atomic mass is 32.2. The van der Waals surface area contributed by atoms with Crippen LogP contribution in [0, 0.1) is 0 Å². The standard InChI is InChI=1S/2C17H26O3.C4H6S/c2*1-16(2,3)12-9-11(7-8-14(18)19)10-13(15(12)20)17(4,5)6;1-3-5-4-2/h2*9-10,20H,7-8H2,1-6H3,(H,18,19);3-4H,1-2H2. The number of aromatic hydroxyl groups is 2. The predicted octanol–water partition coefficient (Wildman–Crippen LogP) is 10.0. The molecule has 0 saturated heterocycles. The molecule has 6 nitrogen and oxygen atoms in total. The predicted molar refractivity (Wildman–Crippen MR) is 191 cm³/mol. The minimum Gasteiger partial charge on any atom is -0.507 e. The Balaban J connectivity index is 0.000000748. The smallest absolute Gasteiger partial charge is 0.303 e. The molecular weight excluding hydrogens is 584 g/mol. The zero-order valence-corrected chi connectivity index (χ0v) is 30.5. The largest absolute Gasteiger partial charge is 0.507 e. The number of hydrogen-bond acceptors (Lipinski definition) is 5. The molecule has 252 valence electrons. The molecule has 0 amide bonds. The molecule has 45 heavy (non-hydrogen) atoms. The van der Waals surface area contributed by atoms with Gasteiger partial charge in [0, 0.05) is 12.8 Å². The van der Waals surface area contributed by atoms with Crippen LogP contribution in [0.2, 0.25) is 0 Å². The van der Waals surface area contributed by atoms with Gasteiger partial charge in [-0.15, -0.1) is 11.8 Å². The second kappa shape index (κ2) is 16.9. The summed E-state index contributed by atoms with van der Waals surface area (Å²) in [5.74, 6) is -0.923. The van der Waals surface area contributed by atoms with Gasteiger partial charge in [-0.1, -0.05) is 121 Å². The van der Waals surface area contributed by atoms with E-state index in [0.29, 0.717) is 24.3 Å². The summed E-state index contributed by atoms with van der Waals surface area (Å²) in [4.78, 5) is 21.5. The molecule has 0 aliphatic carbocycles. The van der Waals surface area contributed by atoms with Crippen LogP contribution in [0.1, 0.15) is 129 Å². The summed E-state index contributed by atoms with van der Waals surface area (Å²) >= 11 is 1.49. The summed E-state index contributed by atoms with van der Waals surface area (Å²) < 4.78 is 0. The van der Waals surface area contributed by atoms with Crippen molar-refractivity contribution in [2.45, 2.75) is 130 Å². The van der Waals surface area contributed by atoms with E-state index in [1.165, 1.54) is 11.8 Å². The van der Waals surface area contributed by atoms with Gasteiger partial charge in [-0.25, -0.2) is 0 Å². The molecule has 0 atom stereocenters. The minimum atomic E-state index is -0.798. The van der Waals surface area contributed by atoms with E-state index < -0.39 is 11.9 Å². The van der Waals surface area contributed by atoms with Gasteiger partial charge in [0.25, 0.3) is 0 Å². The number of carbonyl (C=O) groups is 2. The van der Waals surface area contributed by atoms with E-state index in [9.17, 15) is 19.8 Å². The Hall–Kier alpha value is -3.19. The molecule has 0 unspecified atom stereocenters. The Labute approximate surface area is 276 Å². The third-order valence-electron chi connectivity index (χ3n) is 7.02. The van der Waals surface area contributed by atoms with Crippen molar-refractivity contribution in [1.29, 1.82) is 0 Å². The molecule has 0 saturated carbocycles. The van der Waals surface area contributed by atoms with E-state index in [-0.39, 0.29) is 34.5 Å². The number of hydrogen-bond donors (Lipinski definition) is 4. The molecule has 0 radical (unpaired) electrons. The number of carboxylic acid groups (broad SMARTS) is 2. The van der Waals surface area contributed by atoms with Crippen LogP contribution in [-0.2, 0) is 44.1 Å². The molecule has 4 N–H and O–H groups in total. The highest BCUT2D eigenvalue weighted by Gasteiger charge is 2.27. The molecule has 0 bridgehead atoms.